The molecule has 1 atom stereocenters. The van der Waals surface area contributed by atoms with Crippen molar-refractivity contribution in [2.75, 3.05) is 54.0 Å². The molecule has 150 valence electrons. The van der Waals surface area contributed by atoms with Crippen molar-refractivity contribution in [1.82, 2.24) is 14.1 Å². The number of piperazine rings is 1. The standard InChI is InChI=1S/C18H27N3O5S/c1-19-9-11-20(12-10-19)18(22)15-5-4-8-21(15)27(23,24)14-6-7-16(25-2)17(13-14)26-3/h6-7,13,15H,4-5,8-12H2,1-3H3/t15-/m1/s1. The molecule has 2 aliphatic heterocycles. The number of likely N-dealkylation sites (N-methyl/N-ethyl adjacent to an activating group) is 1. The first-order chi connectivity index (χ1) is 12.9. The highest BCUT2D eigenvalue weighted by atomic mass is 32.2. The molecule has 0 radical (unpaired) electrons. The SMILES string of the molecule is COc1ccc(S(=O)(=O)N2CCC[C@@H]2C(=O)N2CCN(C)CC2)cc1OC. The molecule has 2 aliphatic rings. The van der Waals surface area contributed by atoms with E-state index in [1.165, 1.54) is 30.7 Å². The molecular formula is C18H27N3O5S. The van der Waals surface area contributed by atoms with Crippen LogP contribution >= 0.6 is 0 Å². The summed E-state index contributed by atoms with van der Waals surface area (Å²) in [5, 5.41) is 0. The van der Waals surface area contributed by atoms with Gasteiger partial charge in [-0.05, 0) is 32.0 Å². The molecular weight excluding hydrogens is 370 g/mol. The molecule has 2 saturated heterocycles. The van der Waals surface area contributed by atoms with Crippen LogP contribution in [0.15, 0.2) is 23.1 Å². The maximum atomic E-state index is 13.2. The minimum atomic E-state index is -3.80. The van der Waals surface area contributed by atoms with Crippen LogP contribution in [-0.2, 0) is 14.8 Å². The second-order valence-electron chi connectivity index (χ2n) is 6.92. The molecule has 0 bridgehead atoms. The summed E-state index contributed by atoms with van der Waals surface area (Å²) in [5.74, 6) is 0.715. The summed E-state index contributed by atoms with van der Waals surface area (Å²) in [5.41, 5.74) is 0. The quantitative estimate of drug-likeness (QED) is 0.725. The zero-order valence-corrected chi connectivity index (χ0v) is 16.9. The van der Waals surface area contributed by atoms with Crippen LogP contribution < -0.4 is 9.47 Å². The third-order valence-electron chi connectivity index (χ3n) is 5.27. The number of ether oxygens (including phenoxy) is 2. The second kappa shape index (κ2) is 8.04. The van der Waals surface area contributed by atoms with E-state index in [4.69, 9.17) is 9.47 Å². The average Bonchev–Trinajstić information content (AvgIpc) is 3.18. The molecule has 2 heterocycles. The van der Waals surface area contributed by atoms with E-state index < -0.39 is 16.1 Å². The molecule has 0 unspecified atom stereocenters. The van der Waals surface area contributed by atoms with Crippen LogP contribution in [0, 0.1) is 0 Å². The third-order valence-corrected chi connectivity index (χ3v) is 7.17. The van der Waals surface area contributed by atoms with Gasteiger partial charge in [0.05, 0.1) is 19.1 Å². The Morgan fingerprint density at radius 1 is 1.04 bits per heavy atom. The van der Waals surface area contributed by atoms with Gasteiger partial charge in [0.25, 0.3) is 0 Å². The predicted molar refractivity (Wildman–Crippen MR) is 101 cm³/mol. The average molecular weight is 397 g/mol. The van der Waals surface area contributed by atoms with Gasteiger partial charge in [0.2, 0.25) is 15.9 Å². The van der Waals surface area contributed by atoms with E-state index >= 15 is 0 Å². The Morgan fingerprint density at radius 2 is 1.70 bits per heavy atom. The van der Waals surface area contributed by atoms with Crippen molar-refractivity contribution in [3.8, 4) is 11.5 Å². The lowest BCUT2D eigenvalue weighted by Crippen LogP contribution is -2.53. The van der Waals surface area contributed by atoms with Crippen LogP contribution in [0.1, 0.15) is 12.8 Å². The monoisotopic (exact) mass is 397 g/mol. The highest BCUT2D eigenvalue weighted by Gasteiger charge is 2.41. The Hall–Kier alpha value is -1.84. The topological polar surface area (TPSA) is 79.4 Å². The first-order valence-corrected chi connectivity index (χ1v) is 10.5. The number of rotatable bonds is 5. The minimum Gasteiger partial charge on any atom is -0.493 e. The molecule has 0 spiro atoms. The molecule has 3 rings (SSSR count). The number of methoxy groups -OCH3 is 2. The van der Waals surface area contributed by atoms with E-state index in [2.05, 4.69) is 4.90 Å². The summed E-state index contributed by atoms with van der Waals surface area (Å²) >= 11 is 0. The zero-order chi connectivity index (χ0) is 19.6. The molecule has 0 N–H and O–H groups in total. The van der Waals surface area contributed by atoms with Crippen molar-refractivity contribution in [3.63, 3.8) is 0 Å². The van der Waals surface area contributed by atoms with Crippen molar-refractivity contribution in [2.45, 2.75) is 23.8 Å². The molecule has 0 saturated carbocycles. The third kappa shape index (κ3) is 3.90. The largest absolute Gasteiger partial charge is 0.493 e. The molecule has 8 nitrogen and oxygen atoms in total. The van der Waals surface area contributed by atoms with Gasteiger partial charge in [-0.2, -0.15) is 4.31 Å². The van der Waals surface area contributed by atoms with Gasteiger partial charge >= 0.3 is 0 Å². The van der Waals surface area contributed by atoms with Gasteiger partial charge in [0.15, 0.2) is 11.5 Å². The van der Waals surface area contributed by atoms with E-state index in [9.17, 15) is 13.2 Å². The number of sulfonamides is 1. The number of amides is 1. The number of benzene rings is 1. The van der Waals surface area contributed by atoms with Crippen LogP contribution in [0.3, 0.4) is 0 Å². The van der Waals surface area contributed by atoms with Crippen molar-refractivity contribution >= 4 is 15.9 Å². The number of nitrogens with zero attached hydrogens (tertiary/aromatic N) is 3. The Labute approximate surface area is 160 Å². The number of carbonyl (C=O) groups excluding carboxylic acids is 1. The summed E-state index contributed by atoms with van der Waals surface area (Å²) in [6, 6.07) is 3.88. The van der Waals surface area contributed by atoms with Crippen molar-refractivity contribution in [2.24, 2.45) is 0 Å². The Morgan fingerprint density at radius 3 is 2.33 bits per heavy atom. The van der Waals surface area contributed by atoms with Crippen LogP contribution in [0.2, 0.25) is 0 Å². The molecule has 27 heavy (non-hydrogen) atoms. The minimum absolute atomic E-state index is 0.0929. The highest BCUT2D eigenvalue weighted by Crippen LogP contribution is 2.33. The van der Waals surface area contributed by atoms with Gasteiger partial charge in [-0.1, -0.05) is 0 Å². The first kappa shape index (κ1) is 19.9. The van der Waals surface area contributed by atoms with E-state index in [0.29, 0.717) is 44.0 Å². The molecule has 0 aliphatic carbocycles. The highest BCUT2D eigenvalue weighted by molar-refractivity contribution is 7.89. The zero-order valence-electron chi connectivity index (χ0n) is 16.1. The van der Waals surface area contributed by atoms with E-state index in [0.717, 1.165) is 13.1 Å². The normalized spacial score (nSPS) is 22.0. The fourth-order valence-corrected chi connectivity index (χ4v) is 5.29. The van der Waals surface area contributed by atoms with Gasteiger partial charge in [0.1, 0.15) is 6.04 Å². The Balaban J connectivity index is 1.84. The number of hydrogen-bond donors (Lipinski definition) is 0. The molecule has 1 amide bonds. The Bertz CT molecular complexity index is 790. The van der Waals surface area contributed by atoms with Gasteiger partial charge in [-0.15, -0.1) is 0 Å². The molecule has 1 aromatic rings. The smallest absolute Gasteiger partial charge is 0.243 e. The Kier molecular flexibility index (Phi) is 5.92. The van der Waals surface area contributed by atoms with E-state index in [1.54, 1.807) is 11.0 Å². The summed E-state index contributed by atoms with van der Waals surface area (Å²) in [7, 11) is 1.18. The van der Waals surface area contributed by atoms with Crippen LogP contribution in [-0.4, -0.2) is 88.5 Å². The maximum absolute atomic E-state index is 13.2. The van der Waals surface area contributed by atoms with E-state index in [-0.39, 0.29) is 10.8 Å². The summed E-state index contributed by atoms with van der Waals surface area (Å²) in [6.45, 7) is 3.23. The molecule has 9 heteroatoms. The van der Waals surface area contributed by atoms with Crippen LogP contribution in [0.4, 0.5) is 0 Å². The van der Waals surface area contributed by atoms with Crippen molar-refractivity contribution in [3.05, 3.63) is 18.2 Å². The first-order valence-electron chi connectivity index (χ1n) is 9.09. The fraction of sp³-hybridized carbons (Fsp3) is 0.611. The van der Waals surface area contributed by atoms with Crippen LogP contribution in [0.5, 0.6) is 11.5 Å². The predicted octanol–water partition coefficient (Wildman–Crippen LogP) is 0.631. The lowest BCUT2D eigenvalue weighted by atomic mass is 10.2. The molecule has 2 fully saturated rings. The lowest BCUT2D eigenvalue weighted by molar-refractivity contribution is -0.136. The van der Waals surface area contributed by atoms with Crippen LogP contribution in [0.25, 0.3) is 0 Å². The van der Waals surface area contributed by atoms with Gasteiger partial charge in [-0.3, -0.25) is 4.79 Å². The van der Waals surface area contributed by atoms with Crippen molar-refractivity contribution in [1.29, 1.82) is 0 Å². The summed E-state index contributed by atoms with van der Waals surface area (Å²) in [4.78, 5) is 17.0. The van der Waals surface area contributed by atoms with E-state index in [1.807, 2.05) is 7.05 Å². The molecule has 1 aromatic carbocycles. The molecule has 0 aromatic heterocycles. The maximum Gasteiger partial charge on any atom is 0.243 e. The van der Waals surface area contributed by atoms with Crippen molar-refractivity contribution < 1.29 is 22.7 Å². The lowest BCUT2D eigenvalue weighted by Gasteiger charge is -2.35. The fourth-order valence-electron chi connectivity index (χ4n) is 3.62. The van der Waals surface area contributed by atoms with Gasteiger partial charge in [0, 0.05) is 38.8 Å². The number of hydrogen-bond acceptors (Lipinski definition) is 6. The number of carbonyl (C=O) groups is 1. The second-order valence-corrected chi connectivity index (χ2v) is 8.81. The van der Waals surface area contributed by atoms with Gasteiger partial charge < -0.3 is 19.3 Å². The van der Waals surface area contributed by atoms with Gasteiger partial charge in [-0.25, -0.2) is 8.42 Å². The summed E-state index contributed by atoms with van der Waals surface area (Å²) < 4.78 is 38.2. The summed E-state index contributed by atoms with van der Waals surface area (Å²) in [6.07, 6.45) is 1.23.